The first-order chi connectivity index (χ1) is 8.72. The number of aryl methyl sites for hydroxylation is 2. The molecule has 100 valence electrons. The van der Waals surface area contributed by atoms with Crippen LogP contribution in [0.2, 0.25) is 0 Å². The molecule has 2 aliphatic rings. The van der Waals surface area contributed by atoms with E-state index in [1.54, 1.807) is 0 Å². The van der Waals surface area contributed by atoms with Crippen LogP contribution in [0.25, 0.3) is 11.0 Å². The zero-order chi connectivity index (χ0) is 12.3. The zero-order valence-electron chi connectivity index (χ0n) is 11.2. The molecule has 4 heteroatoms. The van der Waals surface area contributed by atoms with Gasteiger partial charge >= 0.3 is 0 Å². The van der Waals surface area contributed by atoms with Gasteiger partial charge in [0.15, 0.2) is 0 Å². The fraction of sp³-hybridized carbons (Fsp3) is 0.467. The molecule has 1 aliphatic carbocycles. The van der Waals surface area contributed by atoms with Gasteiger partial charge in [0.2, 0.25) is 0 Å². The van der Waals surface area contributed by atoms with Gasteiger partial charge in [-0.2, -0.15) is 0 Å². The molecule has 1 aliphatic heterocycles. The molecule has 2 atom stereocenters. The van der Waals surface area contributed by atoms with Crippen molar-refractivity contribution in [1.82, 2.24) is 15.3 Å². The van der Waals surface area contributed by atoms with Crippen molar-refractivity contribution in [2.24, 2.45) is 0 Å². The molecule has 1 fully saturated rings. The number of benzene rings is 1. The van der Waals surface area contributed by atoms with Gasteiger partial charge in [-0.25, -0.2) is 9.97 Å². The SMILES string of the molecule is Cc1nc2cc3c(cc2nc1C)C1CNCC3C1.Cl. The highest BCUT2D eigenvalue weighted by molar-refractivity contribution is 5.85. The Balaban J connectivity index is 0.00000110. The topological polar surface area (TPSA) is 37.8 Å². The van der Waals surface area contributed by atoms with E-state index in [4.69, 9.17) is 0 Å². The molecular weight excluding hydrogens is 258 g/mol. The van der Waals surface area contributed by atoms with Crippen LogP contribution in [-0.2, 0) is 0 Å². The minimum atomic E-state index is 0. The van der Waals surface area contributed by atoms with E-state index in [9.17, 15) is 0 Å². The second-order valence-electron chi connectivity index (χ2n) is 5.65. The molecule has 0 saturated carbocycles. The lowest BCUT2D eigenvalue weighted by atomic mass is 9.98. The average Bonchev–Trinajstić information content (AvgIpc) is 2.61. The van der Waals surface area contributed by atoms with E-state index >= 15 is 0 Å². The predicted molar refractivity (Wildman–Crippen MR) is 79.2 cm³/mol. The van der Waals surface area contributed by atoms with Crippen molar-refractivity contribution >= 4 is 23.4 Å². The molecule has 2 aromatic rings. The van der Waals surface area contributed by atoms with Gasteiger partial charge in [-0.05, 0) is 55.4 Å². The van der Waals surface area contributed by atoms with Gasteiger partial charge in [0.05, 0.1) is 22.4 Å². The number of rotatable bonds is 0. The normalized spacial score (nSPS) is 24.1. The molecule has 0 spiro atoms. The first kappa shape index (κ1) is 12.8. The largest absolute Gasteiger partial charge is 0.316 e. The second kappa shape index (κ2) is 4.43. The summed E-state index contributed by atoms with van der Waals surface area (Å²) in [5.74, 6) is 1.37. The lowest BCUT2D eigenvalue weighted by Crippen LogP contribution is -2.28. The molecule has 0 amide bonds. The van der Waals surface area contributed by atoms with Gasteiger partial charge in [0.25, 0.3) is 0 Å². The van der Waals surface area contributed by atoms with Crippen molar-refractivity contribution in [2.45, 2.75) is 32.1 Å². The van der Waals surface area contributed by atoms with E-state index in [1.165, 1.54) is 17.5 Å². The first-order valence-electron chi connectivity index (χ1n) is 6.72. The molecule has 0 radical (unpaired) electrons. The molecule has 19 heavy (non-hydrogen) atoms. The van der Waals surface area contributed by atoms with Crippen molar-refractivity contribution in [2.75, 3.05) is 13.1 Å². The molecule has 1 aromatic carbocycles. The van der Waals surface area contributed by atoms with E-state index in [2.05, 4.69) is 27.4 Å². The fourth-order valence-corrected chi connectivity index (χ4v) is 3.43. The third-order valence-corrected chi connectivity index (χ3v) is 4.51. The number of hydrogen-bond acceptors (Lipinski definition) is 3. The van der Waals surface area contributed by atoms with Gasteiger partial charge in [-0.15, -0.1) is 12.4 Å². The molecule has 1 saturated heterocycles. The summed E-state index contributed by atoms with van der Waals surface area (Å²) in [5, 5.41) is 3.53. The Labute approximate surface area is 119 Å². The van der Waals surface area contributed by atoms with E-state index in [1.807, 2.05) is 13.8 Å². The van der Waals surface area contributed by atoms with E-state index in [-0.39, 0.29) is 12.4 Å². The summed E-state index contributed by atoms with van der Waals surface area (Å²) in [6.45, 7) is 6.31. The minimum Gasteiger partial charge on any atom is -0.316 e. The van der Waals surface area contributed by atoms with Crippen molar-refractivity contribution in [3.05, 3.63) is 34.6 Å². The highest BCUT2D eigenvalue weighted by atomic mass is 35.5. The lowest BCUT2D eigenvalue weighted by molar-refractivity contribution is 0.454. The Morgan fingerprint density at radius 3 is 1.89 bits per heavy atom. The van der Waals surface area contributed by atoms with Crippen molar-refractivity contribution in [3.8, 4) is 0 Å². The van der Waals surface area contributed by atoms with Gasteiger partial charge in [0.1, 0.15) is 0 Å². The predicted octanol–water partition coefficient (Wildman–Crippen LogP) is 2.84. The number of fused-ring (bicyclic) bond motifs is 6. The summed E-state index contributed by atoms with van der Waals surface area (Å²) < 4.78 is 0. The summed E-state index contributed by atoms with van der Waals surface area (Å²) in [6.07, 6.45) is 1.30. The van der Waals surface area contributed by atoms with Crippen LogP contribution in [0.15, 0.2) is 12.1 Å². The smallest absolute Gasteiger partial charge is 0.0893 e. The Bertz CT molecular complexity index is 599. The minimum absolute atomic E-state index is 0. The van der Waals surface area contributed by atoms with Crippen LogP contribution < -0.4 is 5.32 Å². The maximum absolute atomic E-state index is 4.68. The summed E-state index contributed by atoms with van der Waals surface area (Å²) in [4.78, 5) is 9.37. The maximum atomic E-state index is 4.68. The number of hydrogen-bond donors (Lipinski definition) is 1. The summed E-state index contributed by atoms with van der Waals surface area (Å²) in [5.41, 5.74) is 7.22. The van der Waals surface area contributed by atoms with Crippen LogP contribution in [0.4, 0.5) is 0 Å². The van der Waals surface area contributed by atoms with Crippen LogP contribution in [0.5, 0.6) is 0 Å². The molecular formula is C15H18ClN3. The van der Waals surface area contributed by atoms with Crippen molar-refractivity contribution in [3.63, 3.8) is 0 Å². The van der Waals surface area contributed by atoms with Gasteiger partial charge in [-0.1, -0.05) is 0 Å². The summed E-state index contributed by atoms with van der Waals surface area (Å²) in [6, 6.07) is 4.56. The summed E-state index contributed by atoms with van der Waals surface area (Å²) >= 11 is 0. The second-order valence-corrected chi connectivity index (χ2v) is 5.65. The Morgan fingerprint density at radius 2 is 1.42 bits per heavy atom. The monoisotopic (exact) mass is 275 g/mol. The molecule has 1 N–H and O–H groups in total. The average molecular weight is 276 g/mol. The molecule has 1 aromatic heterocycles. The van der Waals surface area contributed by atoms with Crippen LogP contribution in [0, 0.1) is 13.8 Å². The van der Waals surface area contributed by atoms with Gasteiger partial charge < -0.3 is 5.32 Å². The molecule has 2 unspecified atom stereocenters. The first-order valence-corrected chi connectivity index (χ1v) is 6.72. The van der Waals surface area contributed by atoms with Gasteiger partial charge in [-0.3, -0.25) is 0 Å². The number of aromatic nitrogens is 2. The third kappa shape index (κ3) is 1.84. The number of piperidine rings is 1. The van der Waals surface area contributed by atoms with E-state index < -0.39 is 0 Å². The molecule has 3 nitrogen and oxygen atoms in total. The quantitative estimate of drug-likeness (QED) is 0.803. The molecule has 2 bridgehead atoms. The van der Waals surface area contributed by atoms with Crippen LogP contribution in [0.1, 0.15) is 40.8 Å². The number of halogens is 1. The zero-order valence-corrected chi connectivity index (χ0v) is 12.0. The van der Waals surface area contributed by atoms with Crippen LogP contribution in [0.3, 0.4) is 0 Å². The Morgan fingerprint density at radius 1 is 0.947 bits per heavy atom. The van der Waals surface area contributed by atoms with E-state index in [0.29, 0.717) is 11.8 Å². The van der Waals surface area contributed by atoms with Gasteiger partial charge in [0, 0.05) is 13.1 Å². The number of nitrogens with zero attached hydrogens (tertiary/aromatic N) is 2. The van der Waals surface area contributed by atoms with Crippen molar-refractivity contribution < 1.29 is 0 Å². The Kier molecular flexibility index (Phi) is 2.99. The highest BCUT2D eigenvalue weighted by Gasteiger charge is 2.34. The fourth-order valence-electron chi connectivity index (χ4n) is 3.43. The molecule has 2 heterocycles. The highest BCUT2D eigenvalue weighted by Crippen LogP contribution is 2.44. The van der Waals surface area contributed by atoms with E-state index in [0.717, 1.165) is 35.5 Å². The molecule has 4 rings (SSSR count). The number of nitrogens with one attached hydrogen (secondary N) is 1. The Hall–Kier alpha value is -1.19. The van der Waals surface area contributed by atoms with Crippen LogP contribution >= 0.6 is 12.4 Å². The third-order valence-electron chi connectivity index (χ3n) is 4.51. The standard InChI is InChI=1S/C15H17N3.ClH/c1-8-9(2)18-15-5-13-11-3-10(6-16-7-11)12(13)4-14(15)17-8;/h4-5,10-11,16H,3,6-7H2,1-2H3;1H. The summed E-state index contributed by atoms with van der Waals surface area (Å²) in [7, 11) is 0. The van der Waals surface area contributed by atoms with Crippen LogP contribution in [-0.4, -0.2) is 23.1 Å². The maximum Gasteiger partial charge on any atom is 0.0893 e. The lowest BCUT2D eigenvalue weighted by Gasteiger charge is -2.19. The van der Waals surface area contributed by atoms with Crippen molar-refractivity contribution in [1.29, 1.82) is 0 Å².